The smallest absolute Gasteiger partial charge is 0.337 e. The van der Waals surface area contributed by atoms with Crippen molar-refractivity contribution in [1.82, 2.24) is 0 Å². The van der Waals surface area contributed by atoms with Gasteiger partial charge in [-0.3, -0.25) is 4.79 Å². The maximum atomic E-state index is 13.1. The first-order chi connectivity index (χ1) is 8.99. The second-order valence-electron chi connectivity index (χ2n) is 3.56. The molecule has 0 spiro atoms. The van der Waals surface area contributed by atoms with E-state index < -0.39 is 17.7 Å². The molecule has 0 saturated heterocycles. The molecule has 0 radical (unpaired) electrons. The Morgan fingerprint density at radius 3 is 2.58 bits per heavy atom. The van der Waals surface area contributed by atoms with Gasteiger partial charge < -0.3 is 14.8 Å². The predicted molar refractivity (Wildman–Crippen MR) is 65.0 cm³/mol. The molecule has 1 amide bonds. The normalized spacial score (nSPS) is 10.2. The number of carboxylic acid groups (broad SMARTS) is 1. The molecule has 7 heteroatoms. The molecule has 0 atom stereocenters. The van der Waals surface area contributed by atoms with Crippen molar-refractivity contribution in [3.8, 4) is 0 Å². The van der Waals surface area contributed by atoms with E-state index in [-0.39, 0.29) is 22.0 Å². The number of rotatable bonds is 3. The Hall–Kier alpha value is -2.34. The highest BCUT2D eigenvalue weighted by Gasteiger charge is 2.17. The molecule has 2 rings (SSSR count). The van der Waals surface area contributed by atoms with E-state index in [2.05, 4.69) is 5.32 Å². The molecule has 2 aromatic rings. The van der Waals surface area contributed by atoms with Crippen molar-refractivity contribution >= 4 is 29.2 Å². The van der Waals surface area contributed by atoms with Crippen LogP contribution < -0.4 is 5.32 Å². The highest BCUT2D eigenvalue weighted by Crippen LogP contribution is 2.21. The summed E-state index contributed by atoms with van der Waals surface area (Å²) in [6.45, 7) is 0. The number of anilines is 1. The van der Waals surface area contributed by atoms with Crippen molar-refractivity contribution in [2.45, 2.75) is 0 Å². The van der Waals surface area contributed by atoms with Gasteiger partial charge in [0.1, 0.15) is 5.82 Å². The number of carbonyl (C=O) groups is 2. The van der Waals surface area contributed by atoms with Crippen LogP contribution in [0, 0.1) is 5.82 Å². The largest absolute Gasteiger partial charge is 0.478 e. The van der Waals surface area contributed by atoms with Crippen molar-refractivity contribution < 1.29 is 23.5 Å². The van der Waals surface area contributed by atoms with Gasteiger partial charge in [-0.05, 0) is 35.9 Å². The van der Waals surface area contributed by atoms with Gasteiger partial charge in [-0.15, -0.1) is 0 Å². The van der Waals surface area contributed by atoms with E-state index in [0.29, 0.717) is 0 Å². The zero-order chi connectivity index (χ0) is 14.0. The average molecular weight is 284 g/mol. The number of nitrogens with one attached hydrogen (secondary N) is 1. The highest BCUT2D eigenvalue weighted by molar-refractivity contribution is 6.32. The lowest BCUT2D eigenvalue weighted by Crippen LogP contribution is -2.14. The summed E-state index contributed by atoms with van der Waals surface area (Å²) in [6.07, 6.45) is 1.21. The molecule has 1 heterocycles. The minimum Gasteiger partial charge on any atom is -0.478 e. The average Bonchev–Trinajstić information content (AvgIpc) is 2.75. The SMILES string of the molecule is O=C(O)c1ccc(F)cc1NC(=O)c1ccoc1Cl. The van der Waals surface area contributed by atoms with E-state index in [4.69, 9.17) is 21.1 Å². The first-order valence-electron chi connectivity index (χ1n) is 5.06. The summed E-state index contributed by atoms with van der Waals surface area (Å²) in [5.74, 6) is -2.64. The van der Waals surface area contributed by atoms with Crippen molar-refractivity contribution in [3.05, 3.63) is 52.7 Å². The molecule has 2 N–H and O–H groups in total. The van der Waals surface area contributed by atoms with Gasteiger partial charge in [0.05, 0.1) is 23.1 Å². The Bertz CT molecular complexity index is 653. The van der Waals surface area contributed by atoms with Crippen LogP contribution in [0.1, 0.15) is 20.7 Å². The third kappa shape index (κ3) is 2.74. The molecule has 0 aliphatic rings. The first-order valence-corrected chi connectivity index (χ1v) is 5.44. The number of hydrogen-bond acceptors (Lipinski definition) is 3. The molecule has 0 aliphatic carbocycles. The number of furan rings is 1. The summed E-state index contributed by atoms with van der Waals surface area (Å²) in [4.78, 5) is 22.8. The van der Waals surface area contributed by atoms with E-state index in [1.807, 2.05) is 0 Å². The van der Waals surface area contributed by atoms with Crippen LogP contribution in [0.3, 0.4) is 0 Å². The summed E-state index contributed by atoms with van der Waals surface area (Å²) in [7, 11) is 0. The van der Waals surface area contributed by atoms with Crippen molar-refractivity contribution in [2.75, 3.05) is 5.32 Å². The fourth-order valence-electron chi connectivity index (χ4n) is 1.45. The van der Waals surface area contributed by atoms with Gasteiger partial charge in [0.2, 0.25) is 5.22 Å². The molecular weight excluding hydrogens is 277 g/mol. The molecule has 5 nitrogen and oxygen atoms in total. The number of aromatic carboxylic acids is 1. The number of benzene rings is 1. The molecule has 1 aromatic carbocycles. The summed E-state index contributed by atoms with van der Waals surface area (Å²) in [5, 5.41) is 11.1. The third-order valence-corrected chi connectivity index (χ3v) is 2.62. The molecule has 19 heavy (non-hydrogen) atoms. The number of carbonyl (C=O) groups excluding carboxylic acids is 1. The lowest BCUT2D eigenvalue weighted by atomic mass is 10.1. The Kier molecular flexibility index (Phi) is 3.52. The summed E-state index contributed by atoms with van der Waals surface area (Å²) in [5.41, 5.74) is -0.355. The Morgan fingerprint density at radius 2 is 2.00 bits per heavy atom. The van der Waals surface area contributed by atoms with Crippen LogP contribution in [0.4, 0.5) is 10.1 Å². The zero-order valence-corrected chi connectivity index (χ0v) is 10.1. The van der Waals surface area contributed by atoms with Crippen LogP contribution in [0.5, 0.6) is 0 Å². The maximum absolute atomic E-state index is 13.1. The van der Waals surface area contributed by atoms with Crippen molar-refractivity contribution in [2.24, 2.45) is 0 Å². The van der Waals surface area contributed by atoms with Gasteiger partial charge in [0.25, 0.3) is 5.91 Å². The van der Waals surface area contributed by atoms with E-state index in [1.165, 1.54) is 12.3 Å². The monoisotopic (exact) mass is 283 g/mol. The molecule has 0 bridgehead atoms. The fourth-order valence-corrected chi connectivity index (χ4v) is 1.65. The lowest BCUT2D eigenvalue weighted by Gasteiger charge is -2.07. The van der Waals surface area contributed by atoms with Crippen LogP contribution in [-0.2, 0) is 0 Å². The fraction of sp³-hybridized carbons (Fsp3) is 0. The molecule has 1 aromatic heterocycles. The molecule has 0 unspecified atom stereocenters. The van der Waals surface area contributed by atoms with Crippen LogP contribution in [0.2, 0.25) is 5.22 Å². The lowest BCUT2D eigenvalue weighted by molar-refractivity contribution is 0.0698. The summed E-state index contributed by atoms with van der Waals surface area (Å²) < 4.78 is 17.8. The number of carboxylic acids is 1. The van der Waals surface area contributed by atoms with Crippen LogP contribution in [0.15, 0.2) is 34.9 Å². The third-order valence-electron chi connectivity index (χ3n) is 2.32. The summed E-state index contributed by atoms with van der Waals surface area (Å²) >= 11 is 5.62. The van der Waals surface area contributed by atoms with E-state index in [0.717, 1.165) is 18.2 Å². The van der Waals surface area contributed by atoms with Gasteiger partial charge in [-0.25, -0.2) is 9.18 Å². The first kappa shape index (κ1) is 13.1. The minimum absolute atomic E-state index is 0.0299. The van der Waals surface area contributed by atoms with Gasteiger partial charge >= 0.3 is 5.97 Å². The quantitative estimate of drug-likeness (QED) is 0.907. The minimum atomic E-state index is -1.28. The molecule has 0 fully saturated rings. The molecule has 98 valence electrons. The standard InChI is InChI=1S/C12H7ClFNO4/c13-10-8(3-4-19-10)11(16)15-9-5-6(14)1-2-7(9)12(17)18/h1-5H,(H,15,16)(H,17,18). The molecule has 0 saturated carbocycles. The second kappa shape index (κ2) is 5.11. The van der Waals surface area contributed by atoms with E-state index in [1.54, 1.807) is 0 Å². The molecular formula is C12H7ClFNO4. The Balaban J connectivity index is 2.33. The number of halogens is 2. The predicted octanol–water partition coefficient (Wildman–Crippen LogP) is 3.02. The number of amides is 1. The van der Waals surface area contributed by atoms with Gasteiger partial charge in [-0.2, -0.15) is 0 Å². The topological polar surface area (TPSA) is 79.5 Å². The molecule has 0 aliphatic heterocycles. The zero-order valence-electron chi connectivity index (χ0n) is 9.31. The van der Waals surface area contributed by atoms with Gasteiger partial charge in [0, 0.05) is 0 Å². The van der Waals surface area contributed by atoms with Crippen LogP contribution in [-0.4, -0.2) is 17.0 Å². The Morgan fingerprint density at radius 1 is 1.26 bits per heavy atom. The maximum Gasteiger partial charge on any atom is 0.337 e. The van der Waals surface area contributed by atoms with Crippen LogP contribution in [0.25, 0.3) is 0 Å². The van der Waals surface area contributed by atoms with E-state index in [9.17, 15) is 14.0 Å². The van der Waals surface area contributed by atoms with Crippen molar-refractivity contribution in [1.29, 1.82) is 0 Å². The van der Waals surface area contributed by atoms with Gasteiger partial charge in [-0.1, -0.05) is 0 Å². The van der Waals surface area contributed by atoms with Crippen LogP contribution >= 0.6 is 11.6 Å². The van der Waals surface area contributed by atoms with Gasteiger partial charge in [0.15, 0.2) is 0 Å². The second-order valence-corrected chi connectivity index (χ2v) is 3.90. The van der Waals surface area contributed by atoms with Crippen molar-refractivity contribution in [3.63, 3.8) is 0 Å². The highest BCUT2D eigenvalue weighted by atomic mass is 35.5. The van der Waals surface area contributed by atoms with E-state index >= 15 is 0 Å². The number of hydrogen-bond donors (Lipinski definition) is 2. The summed E-state index contributed by atoms with van der Waals surface area (Å²) in [6, 6.07) is 4.28. The Labute approximate surface area is 111 Å².